The average Bonchev–Trinajstić information content (AvgIpc) is 2.72. The normalized spacial score (nSPS) is 15.2. The molecule has 0 radical (unpaired) electrons. The first-order valence-corrected chi connectivity index (χ1v) is 10.9. The molecule has 1 aliphatic rings. The fraction of sp³-hybridized carbons (Fsp3) is 0.350. The summed E-state index contributed by atoms with van der Waals surface area (Å²) in [7, 11) is -4.15. The van der Waals surface area contributed by atoms with Gasteiger partial charge in [0.25, 0.3) is 0 Å². The molecule has 0 saturated carbocycles. The zero-order valence-electron chi connectivity index (χ0n) is 16.4. The Kier molecular flexibility index (Phi) is 7.16. The Bertz CT molecular complexity index is 1060. The smallest absolute Gasteiger partial charge is 0.246 e. The maximum Gasteiger partial charge on any atom is 0.246 e. The second-order valence-electron chi connectivity index (χ2n) is 6.89. The minimum absolute atomic E-state index is 0.0256. The number of benzene rings is 2. The molecule has 11 heteroatoms. The molecule has 0 atom stereocenters. The van der Waals surface area contributed by atoms with Crippen molar-refractivity contribution in [3.8, 4) is 5.75 Å². The summed E-state index contributed by atoms with van der Waals surface area (Å²) in [5.41, 5.74) is 0. The molecule has 2 aromatic carbocycles. The highest BCUT2D eigenvalue weighted by atomic mass is 32.2. The largest absolute Gasteiger partial charge is 0.491 e. The van der Waals surface area contributed by atoms with Gasteiger partial charge in [-0.15, -0.1) is 0 Å². The number of hydrogen-bond acceptors (Lipinski definition) is 4. The molecule has 0 aliphatic carbocycles. The maximum atomic E-state index is 13.9. The van der Waals surface area contributed by atoms with Crippen molar-refractivity contribution in [2.45, 2.75) is 17.7 Å². The van der Waals surface area contributed by atoms with E-state index in [1.54, 1.807) is 0 Å². The van der Waals surface area contributed by atoms with E-state index in [2.05, 4.69) is 0 Å². The van der Waals surface area contributed by atoms with E-state index in [9.17, 15) is 30.8 Å². The van der Waals surface area contributed by atoms with Crippen LogP contribution in [0.15, 0.2) is 41.3 Å². The molecule has 1 fully saturated rings. The van der Waals surface area contributed by atoms with E-state index in [1.807, 2.05) is 0 Å². The summed E-state index contributed by atoms with van der Waals surface area (Å²) in [5, 5.41) is 0. The molecule has 1 saturated heterocycles. The number of carbonyl (C=O) groups excluding carboxylic acids is 1. The van der Waals surface area contributed by atoms with Crippen molar-refractivity contribution in [3.05, 3.63) is 59.7 Å². The molecule has 1 amide bonds. The van der Waals surface area contributed by atoms with Crippen molar-refractivity contribution in [2.75, 3.05) is 32.8 Å². The van der Waals surface area contributed by atoms with Crippen molar-refractivity contribution in [1.82, 2.24) is 9.21 Å². The molecule has 1 aliphatic heterocycles. The van der Waals surface area contributed by atoms with Crippen LogP contribution >= 0.6 is 0 Å². The van der Waals surface area contributed by atoms with E-state index in [-0.39, 0.29) is 57.3 Å². The van der Waals surface area contributed by atoms with Crippen molar-refractivity contribution < 1.29 is 35.5 Å². The SMILES string of the molecule is O=C(CCCOc1ccc(F)cc1F)N1CCN(S(=O)(=O)c2ccc(F)cc2F)CC1. The van der Waals surface area contributed by atoms with Gasteiger partial charge in [-0.05, 0) is 30.7 Å². The van der Waals surface area contributed by atoms with Crippen LogP contribution in [0.1, 0.15) is 12.8 Å². The highest BCUT2D eigenvalue weighted by molar-refractivity contribution is 7.89. The Balaban J connectivity index is 1.47. The van der Waals surface area contributed by atoms with Gasteiger partial charge in [0.05, 0.1) is 6.61 Å². The quantitative estimate of drug-likeness (QED) is 0.471. The Morgan fingerprint density at radius 3 is 2.13 bits per heavy atom. The second-order valence-corrected chi connectivity index (χ2v) is 8.79. The minimum atomic E-state index is -4.15. The summed E-state index contributed by atoms with van der Waals surface area (Å²) in [6.45, 7) is 0.236. The topological polar surface area (TPSA) is 66.9 Å². The van der Waals surface area contributed by atoms with Crippen molar-refractivity contribution >= 4 is 15.9 Å². The number of amides is 1. The van der Waals surface area contributed by atoms with Crippen molar-refractivity contribution in [2.24, 2.45) is 0 Å². The van der Waals surface area contributed by atoms with E-state index in [0.29, 0.717) is 12.1 Å². The molecule has 1 heterocycles. The number of carbonyl (C=O) groups is 1. The number of ether oxygens (including phenoxy) is 1. The van der Waals surface area contributed by atoms with E-state index in [1.165, 1.54) is 4.90 Å². The van der Waals surface area contributed by atoms with Gasteiger partial charge in [0.1, 0.15) is 22.3 Å². The molecule has 0 N–H and O–H groups in total. The Morgan fingerprint density at radius 1 is 0.903 bits per heavy atom. The van der Waals surface area contributed by atoms with Crippen LogP contribution in [0, 0.1) is 23.3 Å². The van der Waals surface area contributed by atoms with E-state index in [4.69, 9.17) is 4.74 Å². The average molecular weight is 460 g/mol. The third-order valence-electron chi connectivity index (χ3n) is 4.79. The second kappa shape index (κ2) is 9.65. The Labute approximate surface area is 177 Å². The molecule has 6 nitrogen and oxygen atoms in total. The summed E-state index contributed by atoms with van der Waals surface area (Å²) in [5.74, 6) is -3.94. The lowest BCUT2D eigenvalue weighted by Crippen LogP contribution is -2.50. The minimum Gasteiger partial charge on any atom is -0.491 e. The molecule has 0 unspecified atom stereocenters. The lowest BCUT2D eigenvalue weighted by Gasteiger charge is -2.34. The first-order valence-electron chi connectivity index (χ1n) is 9.49. The van der Waals surface area contributed by atoms with E-state index in [0.717, 1.165) is 28.6 Å². The molecule has 31 heavy (non-hydrogen) atoms. The third-order valence-corrected chi connectivity index (χ3v) is 6.72. The summed E-state index contributed by atoms with van der Waals surface area (Å²) in [6.07, 6.45) is 0.386. The third kappa shape index (κ3) is 5.53. The van der Waals surface area contributed by atoms with Gasteiger partial charge in [0.15, 0.2) is 11.6 Å². The molecule has 3 rings (SSSR count). The van der Waals surface area contributed by atoms with Crippen LogP contribution in [0.2, 0.25) is 0 Å². The number of nitrogens with zero attached hydrogens (tertiary/aromatic N) is 2. The Hall–Kier alpha value is -2.66. The van der Waals surface area contributed by atoms with Crippen molar-refractivity contribution in [3.63, 3.8) is 0 Å². The molecule has 168 valence electrons. The van der Waals surface area contributed by atoms with Gasteiger partial charge in [0.2, 0.25) is 15.9 Å². The van der Waals surface area contributed by atoms with Crippen LogP contribution in [0.3, 0.4) is 0 Å². The number of rotatable bonds is 7. The monoisotopic (exact) mass is 460 g/mol. The molecule has 2 aromatic rings. The standard InChI is InChI=1S/C20H20F4N2O4S/c21-14-3-5-18(16(23)12-14)30-11-1-2-20(27)25-7-9-26(10-8-25)31(28,29)19-6-4-15(22)13-17(19)24/h3-6,12-13H,1-2,7-11H2. The zero-order chi connectivity index (χ0) is 22.6. The van der Waals surface area contributed by atoms with Gasteiger partial charge < -0.3 is 9.64 Å². The van der Waals surface area contributed by atoms with Crippen LogP contribution in [-0.4, -0.2) is 56.3 Å². The van der Waals surface area contributed by atoms with Gasteiger partial charge in [-0.2, -0.15) is 4.31 Å². The predicted molar refractivity (Wildman–Crippen MR) is 103 cm³/mol. The van der Waals surface area contributed by atoms with Gasteiger partial charge in [-0.25, -0.2) is 26.0 Å². The number of hydrogen-bond donors (Lipinski definition) is 0. The first-order chi connectivity index (χ1) is 14.7. The molecular weight excluding hydrogens is 440 g/mol. The van der Waals surface area contributed by atoms with E-state index < -0.39 is 38.2 Å². The summed E-state index contributed by atoms with van der Waals surface area (Å²) < 4.78 is 84.7. The van der Waals surface area contributed by atoms with Gasteiger partial charge in [0, 0.05) is 44.7 Å². The molecule has 0 bridgehead atoms. The first kappa shape index (κ1) is 23.0. The highest BCUT2D eigenvalue weighted by Crippen LogP contribution is 2.22. The fourth-order valence-electron chi connectivity index (χ4n) is 3.16. The number of sulfonamides is 1. The molecule has 0 spiro atoms. The Morgan fingerprint density at radius 2 is 1.52 bits per heavy atom. The van der Waals surface area contributed by atoms with Crippen LogP contribution in [0.25, 0.3) is 0 Å². The van der Waals surface area contributed by atoms with Gasteiger partial charge >= 0.3 is 0 Å². The van der Waals surface area contributed by atoms with E-state index >= 15 is 0 Å². The van der Waals surface area contributed by atoms with Crippen LogP contribution in [-0.2, 0) is 14.8 Å². The highest BCUT2D eigenvalue weighted by Gasteiger charge is 2.31. The summed E-state index contributed by atoms with van der Waals surface area (Å²) in [6, 6.07) is 5.18. The lowest BCUT2D eigenvalue weighted by molar-refractivity contribution is -0.132. The predicted octanol–water partition coefficient (Wildman–Crippen LogP) is 2.94. The number of halogens is 4. The van der Waals surface area contributed by atoms with Crippen LogP contribution < -0.4 is 4.74 Å². The van der Waals surface area contributed by atoms with Gasteiger partial charge in [-0.3, -0.25) is 4.79 Å². The summed E-state index contributed by atoms with van der Waals surface area (Å²) in [4.78, 5) is 13.2. The number of piperazine rings is 1. The van der Waals surface area contributed by atoms with Crippen LogP contribution in [0.4, 0.5) is 17.6 Å². The van der Waals surface area contributed by atoms with Crippen LogP contribution in [0.5, 0.6) is 5.75 Å². The fourth-order valence-corrected chi connectivity index (χ4v) is 4.62. The molecular formula is C20H20F4N2O4S. The lowest BCUT2D eigenvalue weighted by atomic mass is 10.2. The zero-order valence-corrected chi connectivity index (χ0v) is 17.2. The van der Waals surface area contributed by atoms with Gasteiger partial charge in [-0.1, -0.05) is 0 Å². The van der Waals surface area contributed by atoms with Crippen molar-refractivity contribution in [1.29, 1.82) is 0 Å². The molecule has 0 aromatic heterocycles. The summed E-state index contributed by atoms with van der Waals surface area (Å²) >= 11 is 0. The maximum absolute atomic E-state index is 13.9.